The molecule has 0 spiro atoms. The SMILES string of the molecule is Cc1cc(C(=O)Nc2nnn[nH]2)nc(-c2ccc([N+](=O)[O-])cc2)c1. The molecule has 0 saturated heterocycles. The van der Waals surface area contributed by atoms with E-state index in [1.807, 2.05) is 6.92 Å². The van der Waals surface area contributed by atoms with Crippen molar-refractivity contribution in [2.45, 2.75) is 6.92 Å². The number of pyridine rings is 1. The lowest BCUT2D eigenvalue weighted by Gasteiger charge is -2.06. The number of non-ortho nitro benzene ring substituents is 1. The highest BCUT2D eigenvalue weighted by Gasteiger charge is 2.13. The molecule has 1 aromatic carbocycles. The average Bonchev–Trinajstić information content (AvgIpc) is 3.07. The average molecular weight is 325 g/mol. The third-order valence-electron chi connectivity index (χ3n) is 3.15. The van der Waals surface area contributed by atoms with Crippen LogP contribution in [0, 0.1) is 17.0 Å². The first-order valence-corrected chi connectivity index (χ1v) is 6.81. The molecule has 2 aromatic heterocycles. The smallest absolute Gasteiger partial charge is 0.276 e. The summed E-state index contributed by atoms with van der Waals surface area (Å²) < 4.78 is 0. The first-order chi connectivity index (χ1) is 11.5. The van der Waals surface area contributed by atoms with Gasteiger partial charge in [0, 0.05) is 17.7 Å². The lowest BCUT2D eigenvalue weighted by molar-refractivity contribution is -0.384. The highest BCUT2D eigenvalue weighted by atomic mass is 16.6. The molecular formula is C14H11N7O3. The molecule has 0 bridgehead atoms. The molecule has 10 nitrogen and oxygen atoms in total. The zero-order chi connectivity index (χ0) is 17.1. The second-order valence-corrected chi connectivity index (χ2v) is 4.92. The number of hydrogen-bond acceptors (Lipinski definition) is 7. The Morgan fingerprint density at radius 3 is 2.62 bits per heavy atom. The van der Waals surface area contributed by atoms with E-state index in [1.165, 1.54) is 12.1 Å². The van der Waals surface area contributed by atoms with E-state index >= 15 is 0 Å². The molecule has 24 heavy (non-hydrogen) atoms. The van der Waals surface area contributed by atoms with Gasteiger partial charge >= 0.3 is 0 Å². The van der Waals surface area contributed by atoms with E-state index in [0.29, 0.717) is 11.3 Å². The van der Waals surface area contributed by atoms with Gasteiger partial charge in [-0.25, -0.2) is 10.1 Å². The first-order valence-electron chi connectivity index (χ1n) is 6.81. The highest BCUT2D eigenvalue weighted by Crippen LogP contribution is 2.22. The lowest BCUT2D eigenvalue weighted by atomic mass is 10.1. The second kappa shape index (κ2) is 6.20. The topological polar surface area (TPSA) is 140 Å². The molecular weight excluding hydrogens is 314 g/mol. The number of aryl methyl sites for hydroxylation is 1. The van der Waals surface area contributed by atoms with Crippen molar-refractivity contribution >= 4 is 17.5 Å². The molecule has 0 radical (unpaired) electrons. The van der Waals surface area contributed by atoms with Gasteiger partial charge in [0.05, 0.1) is 10.6 Å². The Bertz CT molecular complexity index is 891. The summed E-state index contributed by atoms with van der Waals surface area (Å²) >= 11 is 0. The van der Waals surface area contributed by atoms with E-state index in [9.17, 15) is 14.9 Å². The number of nitrogens with one attached hydrogen (secondary N) is 2. The summed E-state index contributed by atoms with van der Waals surface area (Å²) in [7, 11) is 0. The zero-order valence-corrected chi connectivity index (χ0v) is 12.4. The van der Waals surface area contributed by atoms with Gasteiger partial charge in [-0.3, -0.25) is 20.2 Å². The van der Waals surface area contributed by atoms with Gasteiger partial charge in [-0.1, -0.05) is 5.10 Å². The fourth-order valence-electron chi connectivity index (χ4n) is 2.07. The summed E-state index contributed by atoms with van der Waals surface area (Å²) in [6, 6.07) is 9.35. The van der Waals surface area contributed by atoms with E-state index in [1.54, 1.807) is 24.3 Å². The number of tetrazole rings is 1. The van der Waals surface area contributed by atoms with Gasteiger partial charge in [0.2, 0.25) is 5.95 Å². The van der Waals surface area contributed by atoms with Crippen molar-refractivity contribution in [2.24, 2.45) is 0 Å². The van der Waals surface area contributed by atoms with Crippen LogP contribution in [0.4, 0.5) is 11.6 Å². The van der Waals surface area contributed by atoms with Crippen LogP contribution in [-0.4, -0.2) is 36.4 Å². The van der Waals surface area contributed by atoms with Crippen molar-refractivity contribution in [1.29, 1.82) is 0 Å². The maximum absolute atomic E-state index is 12.2. The molecule has 2 N–H and O–H groups in total. The number of nitrogens with zero attached hydrogens (tertiary/aromatic N) is 5. The van der Waals surface area contributed by atoms with Crippen LogP contribution in [0.15, 0.2) is 36.4 Å². The summed E-state index contributed by atoms with van der Waals surface area (Å²) in [5.41, 5.74) is 2.19. The minimum atomic E-state index is -0.474. The lowest BCUT2D eigenvalue weighted by Crippen LogP contribution is -2.15. The van der Waals surface area contributed by atoms with E-state index in [-0.39, 0.29) is 17.3 Å². The largest absolute Gasteiger partial charge is 0.288 e. The summed E-state index contributed by atoms with van der Waals surface area (Å²) in [6.45, 7) is 1.82. The molecule has 0 unspecified atom stereocenters. The Morgan fingerprint density at radius 1 is 1.25 bits per heavy atom. The van der Waals surface area contributed by atoms with Crippen LogP contribution in [0.5, 0.6) is 0 Å². The molecule has 120 valence electrons. The molecule has 0 aliphatic rings. The number of aromatic amines is 1. The van der Waals surface area contributed by atoms with E-state index < -0.39 is 10.8 Å². The molecule has 2 heterocycles. The molecule has 0 aliphatic heterocycles. The number of carbonyl (C=O) groups is 1. The molecule has 0 atom stereocenters. The standard InChI is InChI=1S/C14H11N7O3/c1-8-6-11(9-2-4-10(5-3-9)21(23)24)15-12(7-8)13(22)16-14-17-19-20-18-14/h2-7H,1H3,(H2,16,17,18,19,20,22). The van der Waals surface area contributed by atoms with Crippen LogP contribution in [0.2, 0.25) is 0 Å². The van der Waals surface area contributed by atoms with Gasteiger partial charge in [-0.15, -0.1) is 0 Å². The third kappa shape index (κ3) is 3.21. The molecule has 1 amide bonds. The van der Waals surface area contributed by atoms with Gasteiger partial charge in [0.1, 0.15) is 5.69 Å². The molecule has 3 aromatic rings. The Labute approximate surface area is 135 Å². The number of benzene rings is 1. The van der Waals surface area contributed by atoms with Gasteiger partial charge in [-0.05, 0) is 47.2 Å². The van der Waals surface area contributed by atoms with Gasteiger partial charge < -0.3 is 0 Å². The van der Waals surface area contributed by atoms with Crippen LogP contribution >= 0.6 is 0 Å². The minimum absolute atomic E-state index is 0.0119. The van der Waals surface area contributed by atoms with Crippen molar-refractivity contribution in [2.75, 3.05) is 5.32 Å². The predicted octanol–water partition coefficient (Wildman–Crippen LogP) is 1.73. The van der Waals surface area contributed by atoms with E-state index in [4.69, 9.17) is 0 Å². The van der Waals surface area contributed by atoms with Crippen molar-refractivity contribution < 1.29 is 9.72 Å². The quantitative estimate of drug-likeness (QED) is 0.550. The molecule has 3 rings (SSSR count). The normalized spacial score (nSPS) is 10.4. The molecule has 0 fully saturated rings. The Morgan fingerprint density at radius 2 is 2.00 bits per heavy atom. The van der Waals surface area contributed by atoms with Crippen LogP contribution in [0.25, 0.3) is 11.3 Å². The van der Waals surface area contributed by atoms with Gasteiger partial charge in [-0.2, -0.15) is 0 Å². The van der Waals surface area contributed by atoms with Crippen LogP contribution in [0.1, 0.15) is 16.1 Å². The van der Waals surface area contributed by atoms with Gasteiger partial charge in [0.15, 0.2) is 0 Å². The molecule has 0 aliphatic carbocycles. The zero-order valence-electron chi connectivity index (χ0n) is 12.4. The number of rotatable bonds is 4. The summed E-state index contributed by atoms with van der Waals surface area (Å²) in [5.74, 6) is -0.361. The fourth-order valence-corrected chi connectivity index (χ4v) is 2.07. The van der Waals surface area contributed by atoms with Crippen LogP contribution in [0.3, 0.4) is 0 Å². The number of anilines is 1. The summed E-state index contributed by atoms with van der Waals surface area (Å²) in [4.78, 5) is 26.7. The summed E-state index contributed by atoms with van der Waals surface area (Å²) in [5, 5.41) is 25.9. The molecule has 0 saturated carbocycles. The van der Waals surface area contributed by atoms with Crippen molar-refractivity contribution in [3.8, 4) is 11.3 Å². The predicted molar refractivity (Wildman–Crippen MR) is 83.2 cm³/mol. The number of aromatic nitrogens is 5. The highest BCUT2D eigenvalue weighted by molar-refractivity contribution is 6.02. The number of H-pyrrole nitrogens is 1. The van der Waals surface area contributed by atoms with E-state index in [2.05, 4.69) is 30.9 Å². The van der Waals surface area contributed by atoms with E-state index in [0.717, 1.165) is 5.56 Å². The number of hydrogen-bond donors (Lipinski definition) is 2. The number of nitro groups is 1. The third-order valence-corrected chi connectivity index (χ3v) is 3.15. The molecule has 10 heteroatoms. The van der Waals surface area contributed by atoms with Crippen LogP contribution in [-0.2, 0) is 0 Å². The maximum atomic E-state index is 12.2. The van der Waals surface area contributed by atoms with Crippen LogP contribution < -0.4 is 5.32 Å². The number of carbonyl (C=O) groups excluding carboxylic acids is 1. The number of amides is 1. The van der Waals surface area contributed by atoms with Crippen molar-refractivity contribution in [3.05, 3.63) is 57.8 Å². The van der Waals surface area contributed by atoms with Crippen molar-refractivity contribution in [3.63, 3.8) is 0 Å². The summed E-state index contributed by atoms with van der Waals surface area (Å²) in [6.07, 6.45) is 0. The fraction of sp³-hybridized carbons (Fsp3) is 0.0714. The second-order valence-electron chi connectivity index (χ2n) is 4.92. The first kappa shape index (κ1) is 15.2. The Balaban J connectivity index is 1.91. The number of nitro benzene ring substituents is 1. The van der Waals surface area contributed by atoms with Gasteiger partial charge in [0.25, 0.3) is 11.6 Å². The Kier molecular flexibility index (Phi) is 3.93. The maximum Gasteiger partial charge on any atom is 0.276 e. The Hall–Kier alpha value is -3.69. The minimum Gasteiger partial charge on any atom is -0.288 e. The monoisotopic (exact) mass is 325 g/mol. The van der Waals surface area contributed by atoms with Crippen molar-refractivity contribution in [1.82, 2.24) is 25.6 Å².